The van der Waals surface area contributed by atoms with Gasteiger partial charge in [0, 0.05) is 31.1 Å². The molecule has 0 bridgehead atoms. The minimum Gasteiger partial charge on any atom is -0.444 e. The van der Waals surface area contributed by atoms with Gasteiger partial charge in [-0.3, -0.25) is 0 Å². The maximum Gasteiger partial charge on any atom is 0.410 e. The van der Waals surface area contributed by atoms with E-state index in [4.69, 9.17) is 4.74 Å². The lowest BCUT2D eigenvalue weighted by Crippen LogP contribution is -2.52. The molecule has 1 aliphatic carbocycles. The van der Waals surface area contributed by atoms with Crippen LogP contribution < -0.4 is 5.32 Å². The third-order valence-electron chi connectivity index (χ3n) is 5.62. The zero-order valence-corrected chi connectivity index (χ0v) is 17.2. The Balaban J connectivity index is 1.97. The van der Waals surface area contributed by atoms with Gasteiger partial charge in [0.1, 0.15) is 5.60 Å². The SMILES string of the molecule is CCCC(NCC1(CCC)CCCN(C(=O)OC(C)(C)C)C1)C1CC1. The minimum absolute atomic E-state index is 0.139. The number of ether oxygens (including phenoxy) is 1. The molecule has 1 amide bonds. The molecule has 4 heteroatoms. The van der Waals surface area contributed by atoms with E-state index in [1.54, 1.807) is 0 Å². The summed E-state index contributed by atoms with van der Waals surface area (Å²) in [5, 5.41) is 3.91. The van der Waals surface area contributed by atoms with E-state index in [1.165, 1.54) is 44.9 Å². The average molecular weight is 353 g/mol. The molecular weight excluding hydrogens is 312 g/mol. The molecule has 0 aromatic heterocycles. The third kappa shape index (κ3) is 6.47. The van der Waals surface area contributed by atoms with Crippen LogP contribution in [0.1, 0.15) is 86.0 Å². The van der Waals surface area contributed by atoms with Crippen molar-refractivity contribution in [2.75, 3.05) is 19.6 Å². The van der Waals surface area contributed by atoms with Gasteiger partial charge in [-0.1, -0.05) is 26.7 Å². The van der Waals surface area contributed by atoms with Crippen LogP contribution in [0.3, 0.4) is 0 Å². The number of carbonyl (C=O) groups is 1. The van der Waals surface area contributed by atoms with Crippen molar-refractivity contribution in [3.8, 4) is 0 Å². The van der Waals surface area contributed by atoms with Crippen molar-refractivity contribution in [2.24, 2.45) is 11.3 Å². The Hall–Kier alpha value is -0.770. The summed E-state index contributed by atoms with van der Waals surface area (Å²) in [7, 11) is 0. The molecule has 0 aromatic rings. The minimum atomic E-state index is -0.418. The van der Waals surface area contributed by atoms with E-state index >= 15 is 0 Å². The van der Waals surface area contributed by atoms with E-state index in [2.05, 4.69) is 19.2 Å². The van der Waals surface area contributed by atoms with Crippen LogP contribution in [0.15, 0.2) is 0 Å². The Morgan fingerprint density at radius 1 is 1.28 bits per heavy atom. The zero-order chi connectivity index (χ0) is 18.5. The van der Waals surface area contributed by atoms with Gasteiger partial charge in [-0.25, -0.2) is 4.79 Å². The van der Waals surface area contributed by atoms with Gasteiger partial charge in [-0.2, -0.15) is 0 Å². The fourth-order valence-corrected chi connectivity index (χ4v) is 4.32. The maximum atomic E-state index is 12.5. The van der Waals surface area contributed by atoms with Crippen molar-refractivity contribution in [1.29, 1.82) is 0 Å². The molecule has 0 spiro atoms. The van der Waals surface area contributed by atoms with Gasteiger partial charge in [0.05, 0.1) is 0 Å². The molecule has 1 saturated carbocycles. The lowest BCUT2D eigenvalue weighted by Gasteiger charge is -2.44. The molecular formula is C21H40N2O2. The number of rotatable bonds is 8. The van der Waals surface area contributed by atoms with Crippen LogP contribution in [-0.2, 0) is 4.74 Å². The molecule has 1 N–H and O–H groups in total. The molecule has 1 heterocycles. The maximum absolute atomic E-state index is 12.5. The highest BCUT2D eigenvalue weighted by atomic mass is 16.6. The van der Waals surface area contributed by atoms with Crippen molar-refractivity contribution in [1.82, 2.24) is 10.2 Å². The molecule has 25 heavy (non-hydrogen) atoms. The molecule has 4 nitrogen and oxygen atoms in total. The lowest BCUT2D eigenvalue weighted by atomic mass is 9.76. The number of amides is 1. The fourth-order valence-electron chi connectivity index (χ4n) is 4.32. The van der Waals surface area contributed by atoms with Crippen LogP contribution >= 0.6 is 0 Å². The molecule has 146 valence electrons. The van der Waals surface area contributed by atoms with Crippen molar-refractivity contribution < 1.29 is 9.53 Å². The summed E-state index contributed by atoms with van der Waals surface area (Å²) in [6.07, 6.45) is 9.83. The van der Waals surface area contributed by atoms with Gasteiger partial charge in [-0.05, 0) is 65.2 Å². The monoisotopic (exact) mass is 352 g/mol. The lowest BCUT2D eigenvalue weighted by molar-refractivity contribution is 0.00180. The van der Waals surface area contributed by atoms with Gasteiger partial charge < -0.3 is 15.0 Å². The second-order valence-electron chi connectivity index (χ2n) is 9.37. The Morgan fingerprint density at radius 3 is 2.56 bits per heavy atom. The van der Waals surface area contributed by atoms with E-state index < -0.39 is 5.60 Å². The van der Waals surface area contributed by atoms with Gasteiger partial charge in [0.15, 0.2) is 0 Å². The van der Waals surface area contributed by atoms with Gasteiger partial charge >= 0.3 is 6.09 Å². The first-order chi connectivity index (χ1) is 11.8. The van der Waals surface area contributed by atoms with Crippen molar-refractivity contribution in [3.05, 3.63) is 0 Å². The Kier molecular flexibility index (Phi) is 7.19. The smallest absolute Gasteiger partial charge is 0.410 e. The molecule has 2 rings (SSSR count). The first-order valence-corrected chi connectivity index (χ1v) is 10.5. The van der Waals surface area contributed by atoms with E-state index in [1.807, 2.05) is 25.7 Å². The largest absolute Gasteiger partial charge is 0.444 e. The van der Waals surface area contributed by atoms with Crippen LogP contribution in [-0.4, -0.2) is 42.3 Å². The summed E-state index contributed by atoms with van der Waals surface area (Å²) in [4.78, 5) is 14.5. The van der Waals surface area contributed by atoms with Gasteiger partial charge in [0.25, 0.3) is 0 Å². The Morgan fingerprint density at radius 2 is 2.00 bits per heavy atom. The number of likely N-dealkylation sites (tertiary alicyclic amines) is 1. The van der Waals surface area contributed by atoms with Crippen LogP contribution in [0.5, 0.6) is 0 Å². The van der Waals surface area contributed by atoms with Crippen LogP contribution in [0.4, 0.5) is 4.79 Å². The van der Waals surface area contributed by atoms with E-state index in [0.29, 0.717) is 6.04 Å². The normalized spacial score (nSPS) is 25.7. The van der Waals surface area contributed by atoms with Gasteiger partial charge in [-0.15, -0.1) is 0 Å². The highest BCUT2D eigenvalue weighted by Crippen LogP contribution is 2.38. The number of nitrogens with zero attached hydrogens (tertiary/aromatic N) is 1. The molecule has 2 aliphatic rings. The number of hydrogen-bond donors (Lipinski definition) is 1. The fraction of sp³-hybridized carbons (Fsp3) is 0.952. The standard InChI is InChI=1S/C21H40N2O2/c1-6-9-18(17-10-11-17)22-15-21(12-7-2)13-8-14-23(16-21)19(24)25-20(3,4)5/h17-18,22H,6-16H2,1-5H3. The number of piperidine rings is 1. The number of nitrogens with one attached hydrogen (secondary N) is 1. The Labute approximate surface area is 155 Å². The summed E-state index contributed by atoms with van der Waals surface area (Å²) in [6, 6.07) is 0.677. The quantitative estimate of drug-likeness (QED) is 0.670. The predicted molar refractivity (Wildman–Crippen MR) is 104 cm³/mol. The van der Waals surface area contributed by atoms with E-state index in [9.17, 15) is 4.79 Å². The summed E-state index contributed by atoms with van der Waals surface area (Å²) in [5.74, 6) is 0.893. The highest BCUT2D eigenvalue weighted by molar-refractivity contribution is 5.68. The van der Waals surface area contributed by atoms with E-state index in [0.717, 1.165) is 32.0 Å². The summed E-state index contributed by atoms with van der Waals surface area (Å²) in [6.45, 7) is 13.1. The second kappa shape index (κ2) is 8.75. The molecule has 1 saturated heterocycles. The first kappa shape index (κ1) is 20.5. The van der Waals surface area contributed by atoms with Crippen molar-refractivity contribution in [2.45, 2.75) is 97.6 Å². The molecule has 0 radical (unpaired) electrons. The predicted octanol–water partition coefficient (Wildman–Crippen LogP) is 4.97. The molecule has 2 atom stereocenters. The highest BCUT2D eigenvalue weighted by Gasteiger charge is 2.39. The molecule has 2 unspecified atom stereocenters. The summed E-state index contributed by atoms with van der Waals surface area (Å²) in [5.41, 5.74) is -0.205. The van der Waals surface area contributed by atoms with Crippen molar-refractivity contribution in [3.63, 3.8) is 0 Å². The average Bonchev–Trinajstić information content (AvgIpc) is 3.35. The summed E-state index contributed by atoms with van der Waals surface area (Å²) < 4.78 is 5.63. The van der Waals surface area contributed by atoms with Crippen LogP contribution in [0, 0.1) is 11.3 Å². The molecule has 0 aromatic carbocycles. The Bertz CT molecular complexity index is 424. The molecule has 1 aliphatic heterocycles. The van der Waals surface area contributed by atoms with E-state index in [-0.39, 0.29) is 11.5 Å². The van der Waals surface area contributed by atoms with Crippen molar-refractivity contribution >= 4 is 6.09 Å². The first-order valence-electron chi connectivity index (χ1n) is 10.5. The van der Waals surface area contributed by atoms with Gasteiger partial charge in [0.2, 0.25) is 0 Å². The van der Waals surface area contributed by atoms with Crippen LogP contribution in [0.25, 0.3) is 0 Å². The van der Waals surface area contributed by atoms with Crippen LogP contribution in [0.2, 0.25) is 0 Å². The third-order valence-corrected chi connectivity index (χ3v) is 5.62. The number of hydrogen-bond acceptors (Lipinski definition) is 3. The second-order valence-corrected chi connectivity index (χ2v) is 9.37. The number of carbonyl (C=O) groups excluding carboxylic acids is 1. The zero-order valence-electron chi connectivity index (χ0n) is 17.2. The topological polar surface area (TPSA) is 41.6 Å². The summed E-state index contributed by atoms with van der Waals surface area (Å²) >= 11 is 0. The molecule has 2 fully saturated rings.